The summed E-state index contributed by atoms with van der Waals surface area (Å²) in [4.78, 5) is 14.3. The molecule has 1 aliphatic rings. The van der Waals surface area contributed by atoms with Crippen LogP contribution in [0.4, 0.5) is 0 Å². The smallest absolute Gasteiger partial charge is 0.254 e. The number of benzene rings is 1. The Balaban J connectivity index is 2.23. The highest BCUT2D eigenvalue weighted by Crippen LogP contribution is 2.20. The number of ether oxygens (including phenoxy) is 1. The maximum atomic E-state index is 12.4. The van der Waals surface area contributed by atoms with Crippen LogP contribution in [0.25, 0.3) is 0 Å². The standard InChI is InChI=1S/C14H19NO2/c1-11(2)12-5-3-4-6-13(12)14(16)15-7-9-17-10-8-15/h3-6,11H,7-10H2,1-2H3. The number of carbonyl (C=O) groups excluding carboxylic acids is 1. The average Bonchev–Trinajstić information content (AvgIpc) is 2.39. The van der Waals surface area contributed by atoms with Crippen molar-refractivity contribution in [3.63, 3.8) is 0 Å². The molecule has 1 aliphatic heterocycles. The second-order valence-corrected chi connectivity index (χ2v) is 4.65. The number of hydrogen-bond acceptors (Lipinski definition) is 2. The molecule has 0 radical (unpaired) electrons. The Hall–Kier alpha value is -1.35. The number of nitrogens with zero attached hydrogens (tertiary/aromatic N) is 1. The molecule has 0 N–H and O–H groups in total. The van der Waals surface area contributed by atoms with Gasteiger partial charge < -0.3 is 9.64 Å². The van der Waals surface area contributed by atoms with Crippen LogP contribution in [0.5, 0.6) is 0 Å². The Morgan fingerprint density at radius 1 is 1.24 bits per heavy atom. The van der Waals surface area contributed by atoms with Gasteiger partial charge >= 0.3 is 0 Å². The molecule has 0 aliphatic carbocycles. The molecule has 3 nitrogen and oxygen atoms in total. The number of amides is 1. The van der Waals surface area contributed by atoms with Crippen molar-refractivity contribution in [1.29, 1.82) is 0 Å². The molecular formula is C14H19NO2. The lowest BCUT2D eigenvalue weighted by Crippen LogP contribution is -2.41. The van der Waals surface area contributed by atoms with Gasteiger partial charge in [0.05, 0.1) is 13.2 Å². The van der Waals surface area contributed by atoms with Crippen LogP contribution >= 0.6 is 0 Å². The van der Waals surface area contributed by atoms with Crippen molar-refractivity contribution in [2.75, 3.05) is 26.3 Å². The van der Waals surface area contributed by atoms with Crippen LogP contribution in [0.15, 0.2) is 24.3 Å². The van der Waals surface area contributed by atoms with E-state index < -0.39 is 0 Å². The molecule has 0 saturated carbocycles. The fourth-order valence-electron chi connectivity index (χ4n) is 2.13. The molecule has 0 bridgehead atoms. The third-order valence-corrected chi connectivity index (χ3v) is 3.11. The highest BCUT2D eigenvalue weighted by atomic mass is 16.5. The van der Waals surface area contributed by atoms with E-state index in [1.807, 2.05) is 29.2 Å². The van der Waals surface area contributed by atoms with Crippen LogP contribution < -0.4 is 0 Å². The van der Waals surface area contributed by atoms with E-state index in [2.05, 4.69) is 13.8 Å². The normalized spacial score (nSPS) is 16.3. The van der Waals surface area contributed by atoms with Gasteiger partial charge in [-0.15, -0.1) is 0 Å². The van der Waals surface area contributed by atoms with Gasteiger partial charge in [0.1, 0.15) is 0 Å². The lowest BCUT2D eigenvalue weighted by molar-refractivity contribution is 0.0302. The number of morpholine rings is 1. The van der Waals surface area contributed by atoms with Crippen LogP contribution in [0.2, 0.25) is 0 Å². The van der Waals surface area contributed by atoms with Crippen LogP contribution in [0.1, 0.15) is 35.7 Å². The largest absolute Gasteiger partial charge is 0.378 e. The van der Waals surface area contributed by atoms with Gasteiger partial charge in [-0.25, -0.2) is 0 Å². The summed E-state index contributed by atoms with van der Waals surface area (Å²) in [6.45, 7) is 6.93. The van der Waals surface area contributed by atoms with Crippen LogP contribution in [0, 0.1) is 0 Å². The number of carbonyl (C=O) groups is 1. The summed E-state index contributed by atoms with van der Waals surface area (Å²) in [7, 11) is 0. The highest BCUT2D eigenvalue weighted by molar-refractivity contribution is 5.96. The first-order valence-corrected chi connectivity index (χ1v) is 6.16. The zero-order valence-corrected chi connectivity index (χ0v) is 10.5. The molecule has 0 unspecified atom stereocenters. The lowest BCUT2D eigenvalue weighted by Gasteiger charge is -2.28. The number of hydrogen-bond donors (Lipinski definition) is 0. The Morgan fingerprint density at radius 2 is 1.88 bits per heavy atom. The van der Waals surface area contributed by atoms with E-state index in [4.69, 9.17) is 4.74 Å². The van der Waals surface area contributed by atoms with Crippen LogP contribution in [0.3, 0.4) is 0 Å². The van der Waals surface area contributed by atoms with Gasteiger partial charge in [0.15, 0.2) is 0 Å². The van der Waals surface area contributed by atoms with Gasteiger partial charge in [-0.2, -0.15) is 0 Å². The van der Waals surface area contributed by atoms with Crippen molar-refractivity contribution in [2.45, 2.75) is 19.8 Å². The van der Waals surface area contributed by atoms with E-state index in [-0.39, 0.29) is 5.91 Å². The van der Waals surface area contributed by atoms with Crippen LogP contribution in [-0.2, 0) is 4.74 Å². The minimum atomic E-state index is 0.137. The summed E-state index contributed by atoms with van der Waals surface area (Å²) < 4.78 is 5.27. The predicted molar refractivity (Wildman–Crippen MR) is 67.3 cm³/mol. The topological polar surface area (TPSA) is 29.5 Å². The fourth-order valence-corrected chi connectivity index (χ4v) is 2.13. The molecule has 1 fully saturated rings. The monoisotopic (exact) mass is 233 g/mol. The predicted octanol–water partition coefficient (Wildman–Crippen LogP) is 2.28. The third kappa shape index (κ3) is 2.67. The quantitative estimate of drug-likeness (QED) is 0.784. The molecule has 1 amide bonds. The molecule has 2 rings (SSSR count). The molecule has 3 heteroatoms. The van der Waals surface area contributed by atoms with Gasteiger partial charge in [-0.1, -0.05) is 32.0 Å². The number of rotatable bonds is 2. The minimum Gasteiger partial charge on any atom is -0.378 e. The summed E-state index contributed by atoms with van der Waals surface area (Å²) >= 11 is 0. The van der Waals surface area contributed by atoms with Gasteiger partial charge in [0.25, 0.3) is 5.91 Å². The van der Waals surface area contributed by atoms with Crippen molar-refractivity contribution in [3.05, 3.63) is 35.4 Å². The molecule has 1 heterocycles. The molecule has 0 spiro atoms. The Kier molecular flexibility index (Phi) is 3.79. The van der Waals surface area contributed by atoms with E-state index in [1.165, 1.54) is 0 Å². The molecule has 1 saturated heterocycles. The zero-order chi connectivity index (χ0) is 12.3. The third-order valence-electron chi connectivity index (χ3n) is 3.11. The van der Waals surface area contributed by atoms with Crippen molar-refractivity contribution in [3.8, 4) is 0 Å². The molecule has 0 atom stereocenters. The summed E-state index contributed by atoms with van der Waals surface area (Å²) in [5, 5.41) is 0. The molecule has 92 valence electrons. The summed E-state index contributed by atoms with van der Waals surface area (Å²) in [5.41, 5.74) is 1.97. The first-order chi connectivity index (χ1) is 8.20. The average molecular weight is 233 g/mol. The first-order valence-electron chi connectivity index (χ1n) is 6.16. The summed E-state index contributed by atoms with van der Waals surface area (Å²) in [5.74, 6) is 0.508. The fraction of sp³-hybridized carbons (Fsp3) is 0.500. The van der Waals surface area contributed by atoms with E-state index in [1.54, 1.807) is 0 Å². The summed E-state index contributed by atoms with van der Waals surface area (Å²) in [6.07, 6.45) is 0. The van der Waals surface area contributed by atoms with Gasteiger partial charge in [0, 0.05) is 18.7 Å². The van der Waals surface area contributed by atoms with Crippen molar-refractivity contribution >= 4 is 5.91 Å². The van der Waals surface area contributed by atoms with Gasteiger partial charge in [-0.3, -0.25) is 4.79 Å². The maximum absolute atomic E-state index is 12.4. The Bertz CT molecular complexity index is 395. The lowest BCUT2D eigenvalue weighted by atomic mass is 9.96. The maximum Gasteiger partial charge on any atom is 0.254 e. The van der Waals surface area contributed by atoms with E-state index in [0.29, 0.717) is 32.2 Å². The van der Waals surface area contributed by atoms with Gasteiger partial charge in [-0.05, 0) is 17.5 Å². The Labute approximate surface area is 102 Å². The van der Waals surface area contributed by atoms with Crippen molar-refractivity contribution < 1.29 is 9.53 Å². The summed E-state index contributed by atoms with van der Waals surface area (Å²) in [6, 6.07) is 7.89. The molecule has 0 aromatic heterocycles. The SMILES string of the molecule is CC(C)c1ccccc1C(=O)N1CCOCC1. The second kappa shape index (κ2) is 5.32. The molecule has 1 aromatic rings. The van der Waals surface area contributed by atoms with E-state index in [0.717, 1.165) is 11.1 Å². The molecule has 1 aromatic carbocycles. The minimum absolute atomic E-state index is 0.137. The van der Waals surface area contributed by atoms with E-state index >= 15 is 0 Å². The van der Waals surface area contributed by atoms with Crippen LogP contribution in [-0.4, -0.2) is 37.1 Å². The van der Waals surface area contributed by atoms with E-state index in [9.17, 15) is 4.79 Å². The first kappa shape index (κ1) is 12.1. The van der Waals surface area contributed by atoms with Gasteiger partial charge in [0.2, 0.25) is 0 Å². The molecule has 17 heavy (non-hydrogen) atoms. The van der Waals surface area contributed by atoms with Crippen molar-refractivity contribution in [1.82, 2.24) is 4.90 Å². The zero-order valence-electron chi connectivity index (χ0n) is 10.5. The highest BCUT2D eigenvalue weighted by Gasteiger charge is 2.21. The Morgan fingerprint density at radius 3 is 2.53 bits per heavy atom. The van der Waals surface area contributed by atoms with Crippen molar-refractivity contribution in [2.24, 2.45) is 0 Å². The molecular weight excluding hydrogens is 214 g/mol. The second-order valence-electron chi connectivity index (χ2n) is 4.65.